The average molecular weight is 266 g/mol. The van der Waals surface area contributed by atoms with Crippen LogP contribution in [-0.4, -0.2) is 22.0 Å². The molecule has 6 heteroatoms. The molecule has 0 aliphatic heterocycles. The van der Waals surface area contributed by atoms with Crippen LogP contribution in [0.5, 0.6) is 0 Å². The highest BCUT2D eigenvalue weighted by atomic mass is 16.4. The zero-order chi connectivity index (χ0) is 14.4. The zero-order valence-corrected chi connectivity index (χ0v) is 11.4. The molecule has 1 saturated carbocycles. The zero-order valence-electron chi connectivity index (χ0n) is 11.4. The summed E-state index contributed by atoms with van der Waals surface area (Å²) >= 11 is 0. The van der Waals surface area contributed by atoms with E-state index < -0.39 is 23.2 Å². The Balaban J connectivity index is 2.01. The van der Waals surface area contributed by atoms with Crippen molar-refractivity contribution < 1.29 is 19.1 Å². The molecule has 1 fully saturated rings. The largest absolute Gasteiger partial charge is 0.481 e. The molecule has 1 aliphatic rings. The lowest BCUT2D eigenvalue weighted by Gasteiger charge is -2.11. The Hall–Kier alpha value is -1.85. The topological polar surface area (TPSA) is 92.4 Å². The van der Waals surface area contributed by atoms with Crippen LogP contribution in [0.3, 0.4) is 0 Å². The van der Waals surface area contributed by atoms with Crippen LogP contribution in [0.1, 0.15) is 38.5 Å². The molecule has 1 aliphatic carbocycles. The number of carbonyl (C=O) groups is 2. The van der Waals surface area contributed by atoms with E-state index in [1.54, 1.807) is 33.9 Å². The van der Waals surface area contributed by atoms with Crippen LogP contribution >= 0.6 is 0 Å². The summed E-state index contributed by atoms with van der Waals surface area (Å²) in [4.78, 5) is 27.2. The molecular formula is C13H18N2O4. The average Bonchev–Trinajstić information content (AvgIpc) is 2.65. The molecule has 1 amide bonds. The van der Waals surface area contributed by atoms with Gasteiger partial charge in [0.25, 0.3) is 0 Å². The standard InChI is InChI=1S/C13H18N2O4/c1-6-5-14-11(19-6)7(2)15-10(16)8-9(12(17)18)13(8,3)4/h5,7-9H,1-4H3,(H,15,16)(H,17,18). The minimum absolute atomic E-state index is 0.263. The Morgan fingerprint density at radius 2 is 2.11 bits per heavy atom. The molecule has 19 heavy (non-hydrogen) atoms. The Bertz CT molecular complexity index is 520. The molecule has 1 aromatic rings. The first-order valence-electron chi connectivity index (χ1n) is 6.20. The van der Waals surface area contributed by atoms with Gasteiger partial charge < -0.3 is 14.8 Å². The predicted octanol–water partition coefficient (Wildman–Crippen LogP) is 1.52. The van der Waals surface area contributed by atoms with Crippen LogP contribution in [0.4, 0.5) is 0 Å². The lowest BCUT2D eigenvalue weighted by molar-refractivity contribution is -0.140. The Labute approximate surface area is 111 Å². The highest BCUT2D eigenvalue weighted by Crippen LogP contribution is 2.58. The quantitative estimate of drug-likeness (QED) is 0.861. The van der Waals surface area contributed by atoms with Gasteiger partial charge in [0, 0.05) is 0 Å². The summed E-state index contributed by atoms with van der Waals surface area (Å²) in [6.45, 7) is 7.11. The number of hydrogen-bond donors (Lipinski definition) is 2. The first-order valence-corrected chi connectivity index (χ1v) is 6.20. The molecule has 3 atom stereocenters. The van der Waals surface area contributed by atoms with Gasteiger partial charge >= 0.3 is 5.97 Å². The van der Waals surface area contributed by atoms with Crippen molar-refractivity contribution in [3.05, 3.63) is 17.8 Å². The third-order valence-corrected chi connectivity index (χ3v) is 3.74. The number of aryl methyl sites for hydroxylation is 1. The number of nitrogens with one attached hydrogen (secondary N) is 1. The Morgan fingerprint density at radius 3 is 2.53 bits per heavy atom. The maximum absolute atomic E-state index is 12.1. The second kappa shape index (κ2) is 4.36. The van der Waals surface area contributed by atoms with E-state index >= 15 is 0 Å². The van der Waals surface area contributed by atoms with Gasteiger partial charge in [-0.25, -0.2) is 4.98 Å². The van der Waals surface area contributed by atoms with Crippen LogP contribution in [0.25, 0.3) is 0 Å². The number of aliphatic carboxylic acids is 1. The summed E-state index contributed by atoms with van der Waals surface area (Å²) in [6, 6.07) is -0.368. The lowest BCUT2D eigenvalue weighted by Crippen LogP contribution is -2.30. The number of carboxylic acids is 1. The van der Waals surface area contributed by atoms with E-state index in [2.05, 4.69) is 10.3 Å². The van der Waals surface area contributed by atoms with Crippen LogP contribution in [0.2, 0.25) is 0 Å². The van der Waals surface area contributed by atoms with Gasteiger partial charge in [-0.1, -0.05) is 13.8 Å². The van der Waals surface area contributed by atoms with Gasteiger partial charge in [-0.2, -0.15) is 0 Å². The fourth-order valence-corrected chi connectivity index (χ4v) is 2.53. The minimum Gasteiger partial charge on any atom is -0.481 e. The lowest BCUT2D eigenvalue weighted by atomic mass is 10.1. The molecule has 104 valence electrons. The molecule has 0 aromatic carbocycles. The summed E-state index contributed by atoms with van der Waals surface area (Å²) in [5, 5.41) is 11.8. The Morgan fingerprint density at radius 1 is 1.47 bits per heavy atom. The van der Waals surface area contributed by atoms with E-state index in [0.29, 0.717) is 11.7 Å². The molecule has 1 aromatic heterocycles. The van der Waals surface area contributed by atoms with E-state index in [0.717, 1.165) is 0 Å². The molecule has 0 radical (unpaired) electrons. The second-order valence-electron chi connectivity index (χ2n) is 5.65. The summed E-state index contributed by atoms with van der Waals surface area (Å²) in [7, 11) is 0. The first kappa shape index (κ1) is 13.6. The molecule has 0 bridgehead atoms. The van der Waals surface area contributed by atoms with Gasteiger partial charge in [-0.15, -0.1) is 0 Å². The van der Waals surface area contributed by atoms with Crippen molar-refractivity contribution in [2.75, 3.05) is 0 Å². The number of hydrogen-bond acceptors (Lipinski definition) is 4. The van der Waals surface area contributed by atoms with Gasteiger partial charge in [-0.3, -0.25) is 9.59 Å². The molecule has 2 N–H and O–H groups in total. The molecule has 1 heterocycles. The van der Waals surface area contributed by atoms with Crippen LogP contribution in [0.15, 0.2) is 10.6 Å². The number of nitrogens with zero attached hydrogens (tertiary/aromatic N) is 1. The maximum Gasteiger partial charge on any atom is 0.307 e. The highest BCUT2D eigenvalue weighted by Gasteiger charge is 2.66. The third kappa shape index (κ3) is 2.34. The number of carboxylic acid groups (broad SMARTS) is 1. The monoisotopic (exact) mass is 266 g/mol. The van der Waals surface area contributed by atoms with Crippen molar-refractivity contribution in [3.8, 4) is 0 Å². The van der Waals surface area contributed by atoms with E-state index in [9.17, 15) is 9.59 Å². The van der Waals surface area contributed by atoms with Crippen LogP contribution < -0.4 is 5.32 Å². The normalized spacial score (nSPS) is 25.7. The van der Waals surface area contributed by atoms with Crippen molar-refractivity contribution in [3.63, 3.8) is 0 Å². The molecule has 0 saturated heterocycles. The minimum atomic E-state index is -0.926. The summed E-state index contributed by atoms with van der Waals surface area (Å²) < 4.78 is 5.33. The maximum atomic E-state index is 12.1. The van der Waals surface area contributed by atoms with Gasteiger partial charge in [0.05, 0.1) is 18.0 Å². The van der Waals surface area contributed by atoms with E-state index in [1.807, 2.05) is 0 Å². The van der Waals surface area contributed by atoms with Crippen LogP contribution in [0, 0.1) is 24.2 Å². The predicted molar refractivity (Wildman–Crippen MR) is 66.2 cm³/mol. The molecule has 3 unspecified atom stereocenters. The fourth-order valence-electron chi connectivity index (χ4n) is 2.53. The van der Waals surface area contributed by atoms with Gasteiger partial charge in [0.2, 0.25) is 11.8 Å². The number of oxazole rings is 1. The van der Waals surface area contributed by atoms with E-state index in [-0.39, 0.29) is 11.9 Å². The number of aromatic nitrogens is 1. The molecule has 6 nitrogen and oxygen atoms in total. The molecule has 0 spiro atoms. The van der Waals surface area contributed by atoms with E-state index in [4.69, 9.17) is 9.52 Å². The highest BCUT2D eigenvalue weighted by molar-refractivity contribution is 5.91. The van der Waals surface area contributed by atoms with Crippen LogP contribution in [-0.2, 0) is 9.59 Å². The van der Waals surface area contributed by atoms with E-state index in [1.165, 1.54) is 0 Å². The number of rotatable bonds is 4. The molecule has 2 rings (SSSR count). The second-order valence-corrected chi connectivity index (χ2v) is 5.65. The number of carbonyl (C=O) groups excluding carboxylic acids is 1. The van der Waals surface area contributed by atoms with Gasteiger partial charge in [0.15, 0.2) is 0 Å². The smallest absolute Gasteiger partial charge is 0.307 e. The van der Waals surface area contributed by atoms with Gasteiger partial charge in [-0.05, 0) is 19.3 Å². The van der Waals surface area contributed by atoms with Crippen molar-refractivity contribution in [1.82, 2.24) is 10.3 Å². The fraction of sp³-hybridized carbons (Fsp3) is 0.615. The van der Waals surface area contributed by atoms with Gasteiger partial charge in [0.1, 0.15) is 11.8 Å². The van der Waals surface area contributed by atoms with Crippen molar-refractivity contribution in [1.29, 1.82) is 0 Å². The summed E-state index contributed by atoms with van der Waals surface area (Å²) in [5.41, 5.74) is -0.498. The summed E-state index contributed by atoms with van der Waals surface area (Å²) in [6.07, 6.45) is 1.58. The van der Waals surface area contributed by atoms with Crippen molar-refractivity contribution in [2.24, 2.45) is 17.3 Å². The SMILES string of the molecule is Cc1cnc(C(C)NC(=O)C2C(C(=O)O)C2(C)C)o1. The van der Waals surface area contributed by atoms with Crippen molar-refractivity contribution >= 4 is 11.9 Å². The number of amides is 1. The Kier molecular flexibility index (Phi) is 3.12. The first-order chi connectivity index (χ1) is 8.75. The third-order valence-electron chi connectivity index (χ3n) is 3.74. The summed E-state index contributed by atoms with van der Waals surface area (Å²) in [5.74, 6) is -1.21. The van der Waals surface area contributed by atoms with Crippen molar-refractivity contribution in [2.45, 2.75) is 33.7 Å². The molecular weight excluding hydrogens is 248 g/mol.